The van der Waals surface area contributed by atoms with Crippen molar-refractivity contribution < 1.29 is 0 Å². The Labute approximate surface area is 117 Å². The van der Waals surface area contributed by atoms with Gasteiger partial charge in [-0.25, -0.2) is 0 Å². The summed E-state index contributed by atoms with van der Waals surface area (Å²) in [7, 11) is -1.20. The van der Waals surface area contributed by atoms with Gasteiger partial charge in [-0.05, 0) is 55.4 Å². The summed E-state index contributed by atoms with van der Waals surface area (Å²) >= 11 is 0. The maximum Gasteiger partial charge on any atom is 0.0395 e. The van der Waals surface area contributed by atoms with Gasteiger partial charge in [0.05, 0.1) is 0 Å². The van der Waals surface area contributed by atoms with E-state index in [1.165, 1.54) is 9.79 Å². The topological polar surface area (TPSA) is 25.0 Å². The average molecular weight is 272 g/mol. The lowest BCUT2D eigenvalue weighted by Crippen LogP contribution is -2.27. The standard InChI is InChI=1S/C16H20N2S/c1-16(2,3)18-17-19(18,14-10-6-4-7-11-14)15-12-8-5-9-13-15/h4-13,17H,1-3H3. The molecule has 0 amide bonds. The van der Waals surface area contributed by atoms with E-state index in [0.717, 1.165) is 0 Å². The number of hydrazine groups is 1. The molecule has 1 fully saturated rings. The molecule has 0 bridgehead atoms. The molecule has 1 aliphatic heterocycles. The second-order valence-electron chi connectivity index (χ2n) is 5.76. The zero-order valence-corrected chi connectivity index (χ0v) is 12.4. The molecule has 2 nitrogen and oxygen atoms in total. The highest BCUT2D eigenvalue weighted by Gasteiger charge is 2.54. The fourth-order valence-electron chi connectivity index (χ4n) is 2.34. The molecule has 0 aliphatic carbocycles. The lowest BCUT2D eigenvalue weighted by molar-refractivity contribution is 0.313. The van der Waals surface area contributed by atoms with Crippen LogP contribution in [0.3, 0.4) is 0 Å². The van der Waals surface area contributed by atoms with Crippen LogP contribution >= 0.6 is 10.4 Å². The predicted octanol–water partition coefficient (Wildman–Crippen LogP) is 4.36. The Morgan fingerprint density at radius 2 is 1.21 bits per heavy atom. The van der Waals surface area contributed by atoms with Crippen molar-refractivity contribution in [3.8, 4) is 0 Å². The van der Waals surface area contributed by atoms with Crippen molar-refractivity contribution in [1.82, 2.24) is 9.25 Å². The van der Waals surface area contributed by atoms with Crippen LogP contribution in [0, 0.1) is 0 Å². The number of nitrogens with zero attached hydrogens (tertiary/aromatic N) is 1. The first-order chi connectivity index (χ1) is 9.05. The summed E-state index contributed by atoms with van der Waals surface area (Å²) in [6.45, 7) is 6.75. The number of hydrogen-bond acceptors (Lipinski definition) is 2. The summed E-state index contributed by atoms with van der Waals surface area (Å²) in [5.41, 5.74) is 0.112. The van der Waals surface area contributed by atoms with Crippen molar-refractivity contribution in [2.45, 2.75) is 36.1 Å². The lowest BCUT2D eigenvalue weighted by atomic mass is 10.1. The minimum absolute atomic E-state index is 0.112. The molecule has 2 aromatic carbocycles. The fraction of sp³-hybridized carbons (Fsp3) is 0.250. The lowest BCUT2D eigenvalue weighted by Gasteiger charge is -2.27. The predicted molar refractivity (Wildman–Crippen MR) is 81.7 cm³/mol. The van der Waals surface area contributed by atoms with Crippen LogP contribution in [0.5, 0.6) is 0 Å². The molecule has 1 heterocycles. The Hall–Kier alpha value is -1.29. The van der Waals surface area contributed by atoms with Crippen LogP contribution in [0.2, 0.25) is 0 Å². The maximum atomic E-state index is 3.67. The first kappa shape index (κ1) is 12.7. The van der Waals surface area contributed by atoms with E-state index >= 15 is 0 Å². The molecular formula is C16H20N2S. The zero-order valence-electron chi connectivity index (χ0n) is 11.6. The van der Waals surface area contributed by atoms with E-state index in [2.05, 4.69) is 90.7 Å². The molecule has 0 spiro atoms. The molecule has 1 aliphatic rings. The molecule has 0 radical (unpaired) electrons. The molecule has 3 rings (SSSR count). The van der Waals surface area contributed by atoms with Crippen molar-refractivity contribution in [1.29, 1.82) is 0 Å². The Bertz CT molecular complexity index is 521. The third kappa shape index (κ3) is 2.08. The van der Waals surface area contributed by atoms with Crippen molar-refractivity contribution in [2.75, 3.05) is 0 Å². The van der Waals surface area contributed by atoms with Crippen molar-refractivity contribution in [3.05, 3.63) is 60.7 Å². The van der Waals surface area contributed by atoms with Gasteiger partial charge in [-0.3, -0.25) is 0 Å². The van der Waals surface area contributed by atoms with Gasteiger partial charge in [0, 0.05) is 15.3 Å². The van der Waals surface area contributed by atoms with Crippen LogP contribution in [0.4, 0.5) is 0 Å². The van der Waals surface area contributed by atoms with Gasteiger partial charge in [0.1, 0.15) is 0 Å². The largest absolute Gasteiger partial charge is 0.185 e. The number of hydrogen-bond donors (Lipinski definition) is 1. The first-order valence-electron chi connectivity index (χ1n) is 6.56. The third-order valence-corrected chi connectivity index (χ3v) is 6.60. The third-order valence-electron chi connectivity index (χ3n) is 3.23. The Balaban J connectivity index is 2.10. The van der Waals surface area contributed by atoms with Gasteiger partial charge in [-0.1, -0.05) is 36.4 Å². The Morgan fingerprint density at radius 3 is 1.53 bits per heavy atom. The summed E-state index contributed by atoms with van der Waals surface area (Å²) in [5, 5.41) is 0. The minimum atomic E-state index is -1.20. The van der Waals surface area contributed by atoms with E-state index in [1.807, 2.05) is 0 Å². The Morgan fingerprint density at radius 1 is 0.789 bits per heavy atom. The minimum Gasteiger partial charge on any atom is -0.185 e. The SMILES string of the molecule is CC(C)(C)N1NS1(c1ccccc1)c1ccccc1. The monoisotopic (exact) mass is 272 g/mol. The van der Waals surface area contributed by atoms with E-state index in [0.29, 0.717) is 0 Å². The van der Waals surface area contributed by atoms with Crippen LogP contribution < -0.4 is 4.83 Å². The molecule has 3 heteroatoms. The summed E-state index contributed by atoms with van der Waals surface area (Å²) < 4.78 is 2.41. The highest BCUT2D eigenvalue weighted by molar-refractivity contribution is 8.34. The molecule has 0 saturated carbocycles. The van der Waals surface area contributed by atoms with E-state index in [-0.39, 0.29) is 5.54 Å². The summed E-state index contributed by atoms with van der Waals surface area (Å²) in [6, 6.07) is 21.5. The number of nitrogens with one attached hydrogen (secondary N) is 1. The van der Waals surface area contributed by atoms with Crippen LogP contribution in [-0.2, 0) is 0 Å². The van der Waals surface area contributed by atoms with Crippen molar-refractivity contribution >= 4 is 10.4 Å². The molecular weight excluding hydrogens is 252 g/mol. The highest BCUT2D eigenvalue weighted by Crippen LogP contribution is 2.73. The van der Waals surface area contributed by atoms with Gasteiger partial charge >= 0.3 is 0 Å². The second kappa shape index (κ2) is 4.37. The number of benzene rings is 2. The van der Waals surface area contributed by atoms with Crippen molar-refractivity contribution in [3.63, 3.8) is 0 Å². The second-order valence-corrected chi connectivity index (χ2v) is 8.41. The average Bonchev–Trinajstić information content (AvgIpc) is 3.18. The molecule has 19 heavy (non-hydrogen) atoms. The summed E-state index contributed by atoms with van der Waals surface area (Å²) in [5.74, 6) is 0. The van der Waals surface area contributed by atoms with E-state index in [4.69, 9.17) is 0 Å². The highest BCUT2D eigenvalue weighted by atomic mass is 32.3. The molecule has 100 valence electrons. The van der Waals surface area contributed by atoms with Crippen LogP contribution in [-0.4, -0.2) is 9.95 Å². The first-order valence-corrected chi connectivity index (χ1v) is 8.15. The van der Waals surface area contributed by atoms with E-state index in [1.54, 1.807) is 0 Å². The van der Waals surface area contributed by atoms with Gasteiger partial charge in [-0.2, -0.15) is 9.25 Å². The molecule has 1 unspecified atom stereocenters. The molecule has 1 saturated heterocycles. The normalized spacial score (nSPS) is 22.8. The van der Waals surface area contributed by atoms with E-state index < -0.39 is 10.4 Å². The molecule has 1 atom stereocenters. The fourth-order valence-corrected chi connectivity index (χ4v) is 5.87. The summed E-state index contributed by atoms with van der Waals surface area (Å²) in [4.78, 5) is 6.41. The quantitative estimate of drug-likeness (QED) is 0.822. The maximum absolute atomic E-state index is 3.67. The van der Waals surface area contributed by atoms with Gasteiger partial charge in [0.15, 0.2) is 0 Å². The van der Waals surface area contributed by atoms with Crippen LogP contribution in [0.1, 0.15) is 20.8 Å². The van der Waals surface area contributed by atoms with E-state index in [9.17, 15) is 0 Å². The van der Waals surface area contributed by atoms with Crippen LogP contribution in [0.25, 0.3) is 0 Å². The molecule has 0 aromatic heterocycles. The smallest absolute Gasteiger partial charge is 0.0395 e. The zero-order chi connectivity index (χ0) is 13.5. The Kier molecular flexibility index (Phi) is 2.93. The van der Waals surface area contributed by atoms with Gasteiger partial charge in [-0.15, -0.1) is 0 Å². The van der Waals surface area contributed by atoms with Gasteiger partial charge in [0.25, 0.3) is 0 Å². The summed E-state index contributed by atoms with van der Waals surface area (Å²) in [6.07, 6.45) is 0. The molecule has 1 N–H and O–H groups in total. The van der Waals surface area contributed by atoms with Gasteiger partial charge < -0.3 is 0 Å². The van der Waals surface area contributed by atoms with Crippen molar-refractivity contribution in [2.24, 2.45) is 0 Å². The molecule has 2 aromatic rings. The van der Waals surface area contributed by atoms with Crippen LogP contribution in [0.15, 0.2) is 70.5 Å². The van der Waals surface area contributed by atoms with Gasteiger partial charge in [0.2, 0.25) is 0 Å². The number of rotatable bonds is 2.